The largest absolute Gasteiger partial charge is 0.399 e. The van der Waals surface area contributed by atoms with Gasteiger partial charge in [-0.15, -0.1) is 11.3 Å². The van der Waals surface area contributed by atoms with Crippen molar-refractivity contribution in [3.05, 3.63) is 34.3 Å². The summed E-state index contributed by atoms with van der Waals surface area (Å²) in [5.74, 6) is 0.739. The second-order valence-corrected chi connectivity index (χ2v) is 5.40. The molecule has 0 saturated carbocycles. The molecule has 0 amide bonds. The van der Waals surface area contributed by atoms with Crippen LogP contribution in [-0.4, -0.2) is 15.0 Å². The van der Waals surface area contributed by atoms with E-state index >= 15 is 0 Å². The maximum absolute atomic E-state index is 5.72. The number of imidazole rings is 1. The summed E-state index contributed by atoms with van der Waals surface area (Å²) in [6.07, 6.45) is 1.88. The first kappa shape index (κ1) is 11.0. The van der Waals surface area contributed by atoms with Crippen molar-refractivity contribution in [2.45, 2.75) is 13.5 Å². The summed E-state index contributed by atoms with van der Waals surface area (Å²) in [5, 5.41) is 4.27. The molecule has 0 aliphatic carbocycles. The van der Waals surface area contributed by atoms with Gasteiger partial charge in [-0.2, -0.15) is 0 Å². The van der Waals surface area contributed by atoms with Gasteiger partial charge in [0, 0.05) is 16.8 Å². The smallest absolute Gasteiger partial charge is 0.201 e. The number of nitrogens with one attached hydrogen (secondary N) is 2. The number of hydrogen-bond donors (Lipinski definition) is 3. The van der Waals surface area contributed by atoms with Crippen LogP contribution >= 0.6 is 11.3 Å². The normalized spacial score (nSPS) is 10.9. The number of nitrogens with zero attached hydrogens (tertiary/aromatic N) is 2. The third-order valence-corrected chi connectivity index (χ3v) is 3.49. The van der Waals surface area contributed by atoms with Gasteiger partial charge in [0.25, 0.3) is 0 Å². The van der Waals surface area contributed by atoms with Crippen molar-refractivity contribution in [3.8, 4) is 0 Å². The third-order valence-electron chi connectivity index (χ3n) is 2.58. The molecule has 5 nitrogen and oxygen atoms in total. The number of rotatable bonds is 3. The molecule has 92 valence electrons. The summed E-state index contributed by atoms with van der Waals surface area (Å²) < 4.78 is 0. The maximum atomic E-state index is 5.72. The van der Waals surface area contributed by atoms with E-state index in [9.17, 15) is 0 Å². The van der Waals surface area contributed by atoms with Gasteiger partial charge in [0.15, 0.2) is 0 Å². The fourth-order valence-electron chi connectivity index (χ4n) is 1.75. The Morgan fingerprint density at radius 1 is 1.44 bits per heavy atom. The molecule has 0 saturated heterocycles. The van der Waals surface area contributed by atoms with Gasteiger partial charge >= 0.3 is 0 Å². The number of nitrogen functional groups attached to an aromatic ring is 1. The van der Waals surface area contributed by atoms with Crippen LogP contribution in [0.3, 0.4) is 0 Å². The predicted molar refractivity (Wildman–Crippen MR) is 74.7 cm³/mol. The molecule has 3 aromatic rings. The zero-order valence-corrected chi connectivity index (χ0v) is 10.7. The summed E-state index contributed by atoms with van der Waals surface area (Å²) in [6, 6.07) is 5.62. The quantitative estimate of drug-likeness (QED) is 0.631. The lowest BCUT2D eigenvalue weighted by atomic mass is 10.3. The Bertz CT molecular complexity index is 685. The number of H-pyrrole nitrogens is 1. The average Bonchev–Trinajstić information content (AvgIpc) is 2.92. The fraction of sp³-hybridized carbons (Fsp3) is 0.167. The topological polar surface area (TPSA) is 79.6 Å². The molecule has 2 aromatic heterocycles. The van der Waals surface area contributed by atoms with Crippen LogP contribution in [0.5, 0.6) is 0 Å². The fourth-order valence-corrected chi connectivity index (χ4v) is 2.48. The molecular weight excluding hydrogens is 246 g/mol. The highest BCUT2D eigenvalue weighted by molar-refractivity contribution is 7.11. The molecule has 1 aromatic carbocycles. The molecule has 2 heterocycles. The molecule has 4 N–H and O–H groups in total. The van der Waals surface area contributed by atoms with Crippen molar-refractivity contribution in [1.29, 1.82) is 0 Å². The minimum atomic E-state index is 0.674. The zero-order chi connectivity index (χ0) is 12.5. The number of aryl methyl sites for hydroxylation is 1. The summed E-state index contributed by atoms with van der Waals surface area (Å²) in [7, 11) is 0. The van der Waals surface area contributed by atoms with Gasteiger partial charge in [-0.05, 0) is 25.1 Å². The van der Waals surface area contributed by atoms with Gasteiger partial charge in [-0.1, -0.05) is 0 Å². The molecule has 0 radical (unpaired) electrons. The maximum Gasteiger partial charge on any atom is 0.201 e. The van der Waals surface area contributed by atoms with E-state index in [0.717, 1.165) is 27.7 Å². The van der Waals surface area contributed by atoms with Crippen molar-refractivity contribution in [2.24, 2.45) is 0 Å². The van der Waals surface area contributed by atoms with Gasteiger partial charge < -0.3 is 16.0 Å². The first-order valence-electron chi connectivity index (χ1n) is 5.61. The second kappa shape index (κ2) is 4.30. The van der Waals surface area contributed by atoms with E-state index in [1.54, 1.807) is 11.3 Å². The monoisotopic (exact) mass is 259 g/mol. The predicted octanol–water partition coefficient (Wildman–Crippen LogP) is 2.52. The molecule has 0 spiro atoms. The Morgan fingerprint density at radius 2 is 2.33 bits per heavy atom. The van der Waals surface area contributed by atoms with Crippen LogP contribution in [0.4, 0.5) is 11.6 Å². The number of benzene rings is 1. The van der Waals surface area contributed by atoms with Crippen LogP contribution in [0.25, 0.3) is 11.0 Å². The van der Waals surface area contributed by atoms with E-state index in [4.69, 9.17) is 5.73 Å². The van der Waals surface area contributed by atoms with Gasteiger partial charge in [0.1, 0.15) is 5.01 Å². The molecule has 0 fully saturated rings. The lowest BCUT2D eigenvalue weighted by Gasteiger charge is -1.97. The molecule has 6 heteroatoms. The highest BCUT2D eigenvalue weighted by atomic mass is 32.1. The van der Waals surface area contributed by atoms with Crippen LogP contribution in [0, 0.1) is 6.92 Å². The van der Waals surface area contributed by atoms with Crippen molar-refractivity contribution in [3.63, 3.8) is 0 Å². The summed E-state index contributed by atoms with van der Waals surface area (Å²) in [5.41, 5.74) is 8.30. The minimum Gasteiger partial charge on any atom is -0.399 e. The van der Waals surface area contributed by atoms with Crippen LogP contribution in [0.15, 0.2) is 24.4 Å². The Labute approximate surface area is 108 Å². The van der Waals surface area contributed by atoms with Gasteiger partial charge in [-0.3, -0.25) is 0 Å². The molecule has 3 rings (SSSR count). The van der Waals surface area contributed by atoms with Gasteiger partial charge in [0.05, 0.1) is 17.6 Å². The molecule has 18 heavy (non-hydrogen) atoms. The minimum absolute atomic E-state index is 0.674. The number of aromatic nitrogens is 3. The highest BCUT2D eigenvalue weighted by Crippen LogP contribution is 2.18. The highest BCUT2D eigenvalue weighted by Gasteiger charge is 2.04. The van der Waals surface area contributed by atoms with E-state index in [2.05, 4.69) is 20.3 Å². The van der Waals surface area contributed by atoms with Gasteiger partial charge in [-0.25, -0.2) is 9.97 Å². The molecule has 0 atom stereocenters. The number of nitrogens with two attached hydrogens (primary N) is 1. The summed E-state index contributed by atoms with van der Waals surface area (Å²) in [6.45, 7) is 2.72. The lowest BCUT2D eigenvalue weighted by Crippen LogP contribution is -1.99. The standard InChI is InChI=1S/C12H13N5S/c1-7-5-14-11(18-7)6-15-12-16-9-3-2-8(13)4-10(9)17-12/h2-5H,6,13H2,1H3,(H2,15,16,17). The molecular formula is C12H13N5S. The Balaban J connectivity index is 1.78. The van der Waals surface area contributed by atoms with Crippen molar-refractivity contribution in [2.75, 3.05) is 11.1 Å². The molecule has 0 aliphatic heterocycles. The van der Waals surface area contributed by atoms with Crippen molar-refractivity contribution >= 4 is 34.0 Å². The van der Waals surface area contributed by atoms with E-state index in [1.165, 1.54) is 4.88 Å². The summed E-state index contributed by atoms with van der Waals surface area (Å²) >= 11 is 1.68. The van der Waals surface area contributed by atoms with E-state index in [1.807, 2.05) is 31.3 Å². The van der Waals surface area contributed by atoms with Crippen LogP contribution in [0.1, 0.15) is 9.88 Å². The van der Waals surface area contributed by atoms with Crippen LogP contribution in [0.2, 0.25) is 0 Å². The number of anilines is 2. The van der Waals surface area contributed by atoms with E-state index < -0.39 is 0 Å². The first-order chi connectivity index (χ1) is 8.70. The van der Waals surface area contributed by atoms with Crippen LogP contribution < -0.4 is 11.1 Å². The Hall–Kier alpha value is -2.08. The Kier molecular flexibility index (Phi) is 2.64. The SMILES string of the molecule is Cc1cnc(CNc2nc3ccc(N)cc3[nH]2)s1. The average molecular weight is 259 g/mol. The number of hydrogen-bond acceptors (Lipinski definition) is 5. The molecule has 0 bridgehead atoms. The van der Waals surface area contributed by atoms with Crippen LogP contribution in [-0.2, 0) is 6.54 Å². The van der Waals surface area contributed by atoms with E-state index in [-0.39, 0.29) is 0 Å². The van der Waals surface area contributed by atoms with E-state index in [0.29, 0.717) is 6.54 Å². The lowest BCUT2D eigenvalue weighted by molar-refractivity contribution is 1.07. The van der Waals surface area contributed by atoms with Crippen molar-refractivity contribution < 1.29 is 0 Å². The number of thiazole rings is 1. The molecule has 0 unspecified atom stereocenters. The zero-order valence-electron chi connectivity index (χ0n) is 9.90. The Morgan fingerprint density at radius 3 is 3.11 bits per heavy atom. The third kappa shape index (κ3) is 2.14. The number of aromatic amines is 1. The van der Waals surface area contributed by atoms with Crippen molar-refractivity contribution in [1.82, 2.24) is 15.0 Å². The summed E-state index contributed by atoms with van der Waals surface area (Å²) in [4.78, 5) is 13.1. The first-order valence-corrected chi connectivity index (χ1v) is 6.43. The molecule has 0 aliphatic rings. The van der Waals surface area contributed by atoms with Gasteiger partial charge in [0.2, 0.25) is 5.95 Å². The second-order valence-electron chi connectivity index (χ2n) is 4.08. The number of fused-ring (bicyclic) bond motifs is 1.